The molecule has 2 rings (SSSR count). The van der Waals surface area contributed by atoms with Gasteiger partial charge >= 0.3 is 0 Å². The molecule has 4 N–H and O–H groups in total. The first-order valence-electron chi connectivity index (χ1n) is 6.83. The van der Waals surface area contributed by atoms with Gasteiger partial charge in [0.15, 0.2) is 5.16 Å². The number of nitrogens with one attached hydrogen (secondary N) is 2. The Morgan fingerprint density at radius 2 is 2.30 bits per heavy atom. The van der Waals surface area contributed by atoms with Crippen LogP contribution in [0.1, 0.15) is 32.6 Å². The molecule has 1 heterocycles. The lowest BCUT2D eigenvalue weighted by atomic mass is 9.86. The van der Waals surface area contributed by atoms with Crippen LogP contribution >= 0.6 is 11.8 Å². The topological polar surface area (TPSA) is 101 Å². The number of carbonyl (C=O) groups excluding carboxylic acids is 1. The molecule has 7 heteroatoms. The molecule has 0 unspecified atom stereocenters. The Balaban J connectivity index is 1.84. The quantitative estimate of drug-likeness (QED) is 0.571. The highest BCUT2D eigenvalue weighted by molar-refractivity contribution is 7.99. The summed E-state index contributed by atoms with van der Waals surface area (Å²) in [5, 5.41) is 3.43. The Bertz CT molecular complexity index is 531. The number of rotatable bonds is 4. The summed E-state index contributed by atoms with van der Waals surface area (Å²) in [6.45, 7) is 2.17. The van der Waals surface area contributed by atoms with Crippen molar-refractivity contribution in [1.29, 1.82) is 0 Å². The molecular weight excluding hydrogens is 276 g/mol. The average Bonchev–Trinajstić information content (AvgIpc) is 2.38. The van der Waals surface area contributed by atoms with Crippen LogP contribution in [0, 0.1) is 5.92 Å². The molecule has 0 aromatic carbocycles. The van der Waals surface area contributed by atoms with Crippen LogP contribution in [0.4, 0.5) is 5.82 Å². The SMILES string of the molecule is C[C@@H]1CCCC[C@@H]1NC(=O)CSc1nc(N)cc(=O)[nH]1. The molecule has 1 aromatic heterocycles. The summed E-state index contributed by atoms with van der Waals surface area (Å²) >= 11 is 1.19. The number of H-pyrrole nitrogens is 1. The van der Waals surface area contributed by atoms with Crippen molar-refractivity contribution in [3.05, 3.63) is 16.4 Å². The number of aromatic nitrogens is 2. The Morgan fingerprint density at radius 3 is 3.00 bits per heavy atom. The van der Waals surface area contributed by atoms with Crippen molar-refractivity contribution in [1.82, 2.24) is 15.3 Å². The predicted molar refractivity (Wildman–Crippen MR) is 79.6 cm³/mol. The van der Waals surface area contributed by atoms with E-state index in [0.29, 0.717) is 11.1 Å². The number of nitrogens with zero attached hydrogens (tertiary/aromatic N) is 1. The minimum atomic E-state index is -0.304. The fourth-order valence-electron chi connectivity index (χ4n) is 2.43. The predicted octanol–water partition coefficient (Wildman–Crippen LogP) is 1.14. The fraction of sp³-hybridized carbons (Fsp3) is 0.615. The molecule has 1 aliphatic rings. The van der Waals surface area contributed by atoms with Crippen LogP contribution < -0.4 is 16.6 Å². The maximum Gasteiger partial charge on any atom is 0.253 e. The van der Waals surface area contributed by atoms with Crippen molar-refractivity contribution in [2.75, 3.05) is 11.5 Å². The van der Waals surface area contributed by atoms with E-state index in [4.69, 9.17) is 5.73 Å². The molecule has 1 saturated carbocycles. The van der Waals surface area contributed by atoms with Gasteiger partial charge in [-0.2, -0.15) is 0 Å². The zero-order valence-corrected chi connectivity index (χ0v) is 12.3. The number of nitrogen functional groups attached to an aromatic ring is 1. The minimum Gasteiger partial charge on any atom is -0.383 e. The number of aromatic amines is 1. The van der Waals surface area contributed by atoms with Crippen molar-refractivity contribution in [2.45, 2.75) is 43.8 Å². The largest absolute Gasteiger partial charge is 0.383 e. The van der Waals surface area contributed by atoms with Crippen molar-refractivity contribution in [3.8, 4) is 0 Å². The molecule has 0 spiro atoms. The van der Waals surface area contributed by atoms with Gasteiger partial charge in [-0.1, -0.05) is 31.5 Å². The lowest BCUT2D eigenvalue weighted by molar-refractivity contribution is -0.119. The summed E-state index contributed by atoms with van der Waals surface area (Å²) in [4.78, 5) is 29.7. The van der Waals surface area contributed by atoms with Crippen molar-refractivity contribution in [2.24, 2.45) is 5.92 Å². The van der Waals surface area contributed by atoms with E-state index in [2.05, 4.69) is 22.2 Å². The third-order valence-corrected chi connectivity index (χ3v) is 4.41. The monoisotopic (exact) mass is 296 g/mol. The summed E-state index contributed by atoms with van der Waals surface area (Å²) in [6, 6.07) is 1.48. The van der Waals surface area contributed by atoms with Crippen molar-refractivity contribution >= 4 is 23.5 Å². The van der Waals surface area contributed by atoms with Crippen molar-refractivity contribution < 1.29 is 4.79 Å². The Labute approximate surface area is 121 Å². The highest BCUT2D eigenvalue weighted by Crippen LogP contribution is 2.23. The average molecular weight is 296 g/mol. The first-order valence-corrected chi connectivity index (χ1v) is 7.82. The van der Waals surface area contributed by atoms with Gasteiger partial charge in [-0.3, -0.25) is 9.59 Å². The normalized spacial score (nSPS) is 22.4. The lowest BCUT2D eigenvalue weighted by Crippen LogP contribution is -2.41. The van der Waals surface area contributed by atoms with Crippen LogP contribution in [0.5, 0.6) is 0 Å². The molecule has 0 radical (unpaired) electrons. The van der Waals surface area contributed by atoms with Gasteiger partial charge in [-0.25, -0.2) is 4.98 Å². The number of carbonyl (C=O) groups is 1. The molecule has 20 heavy (non-hydrogen) atoms. The second-order valence-corrected chi connectivity index (χ2v) is 6.16. The first kappa shape index (κ1) is 14.9. The van der Waals surface area contributed by atoms with E-state index in [1.165, 1.54) is 37.1 Å². The highest BCUT2D eigenvalue weighted by atomic mass is 32.2. The standard InChI is InChI=1S/C13H20N4O2S/c1-8-4-2-3-5-9(8)15-12(19)7-20-13-16-10(14)6-11(18)17-13/h6,8-9H,2-5,7H2,1H3,(H,15,19)(H3,14,16,17,18)/t8-,9+/m1/s1. The van der Waals surface area contributed by atoms with Crippen LogP contribution in [0.15, 0.2) is 16.0 Å². The summed E-state index contributed by atoms with van der Waals surface area (Å²) in [5.41, 5.74) is 5.18. The molecule has 6 nitrogen and oxygen atoms in total. The van der Waals surface area contributed by atoms with E-state index in [0.717, 1.165) is 6.42 Å². The van der Waals surface area contributed by atoms with Crippen LogP contribution in [0.2, 0.25) is 0 Å². The molecule has 0 aliphatic heterocycles. The van der Waals surface area contributed by atoms with Crippen molar-refractivity contribution in [3.63, 3.8) is 0 Å². The smallest absolute Gasteiger partial charge is 0.253 e. The zero-order chi connectivity index (χ0) is 14.5. The van der Waals surface area contributed by atoms with Crippen LogP contribution in [-0.2, 0) is 4.79 Å². The number of amides is 1. The second-order valence-electron chi connectivity index (χ2n) is 5.20. The van der Waals surface area contributed by atoms with Crippen LogP contribution in [0.25, 0.3) is 0 Å². The molecule has 0 saturated heterocycles. The van der Waals surface area contributed by atoms with Gasteiger partial charge in [0.1, 0.15) is 5.82 Å². The van der Waals surface area contributed by atoms with Crippen LogP contribution in [-0.4, -0.2) is 27.7 Å². The molecule has 1 aromatic rings. The van der Waals surface area contributed by atoms with E-state index >= 15 is 0 Å². The summed E-state index contributed by atoms with van der Waals surface area (Å²) in [7, 11) is 0. The number of anilines is 1. The van der Waals surface area contributed by atoms with Crippen LogP contribution in [0.3, 0.4) is 0 Å². The zero-order valence-electron chi connectivity index (χ0n) is 11.5. The maximum atomic E-state index is 11.9. The molecule has 0 bridgehead atoms. The van der Waals surface area contributed by atoms with E-state index in [1.807, 2.05) is 0 Å². The Morgan fingerprint density at radius 1 is 1.55 bits per heavy atom. The lowest BCUT2D eigenvalue weighted by Gasteiger charge is -2.29. The van der Waals surface area contributed by atoms with Gasteiger partial charge in [0, 0.05) is 12.1 Å². The van der Waals surface area contributed by atoms with E-state index in [-0.39, 0.29) is 29.1 Å². The molecule has 1 amide bonds. The minimum absolute atomic E-state index is 0.0289. The summed E-state index contributed by atoms with van der Waals surface area (Å²) in [5.74, 6) is 0.898. The van der Waals surface area contributed by atoms with Gasteiger partial charge in [-0.05, 0) is 18.8 Å². The van der Waals surface area contributed by atoms with Gasteiger partial charge < -0.3 is 16.0 Å². The van der Waals surface area contributed by atoms with E-state index in [1.54, 1.807) is 0 Å². The first-order chi connectivity index (χ1) is 9.54. The van der Waals surface area contributed by atoms with E-state index < -0.39 is 0 Å². The number of hydrogen-bond acceptors (Lipinski definition) is 5. The number of thioether (sulfide) groups is 1. The maximum absolute atomic E-state index is 11.9. The molecule has 110 valence electrons. The number of nitrogens with two attached hydrogens (primary N) is 1. The van der Waals surface area contributed by atoms with Gasteiger partial charge in [-0.15, -0.1) is 0 Å². The van der Waals surface area contributed by atoms with Gasteiger partial charge in [0.2, 0.25) is 5.91 Å². The third-order valence-electron chi connectivity index (χ3n) is 3.54. The third kappa shape index (κ3) is 4.26. The molecule has 2 atom stereocenters. The van der Waals surface area contributed by atoms with Gasteiger partial charge in [0.05, 0.1) is 5.75 Å². The van der Waals surface area contributed by atoms with Gasteiger partial charge in [0.25, 0.3) is 5.56 Å². The van der Waals surface area contributed by atoms with E-state index in [9.17, 15) is 9.59 Å². The Kier molecular flexibility index (Phi) is 5.05. The highest BCUT2D eigenvalue weighted by Gasteiger charge is 2.22. The number of hydrogen-bond donors (Lipinski definition) is 3. The summed E-state index contributed by atoms with van der Waals surface area (Å²) < 4.78 is 0. The Hall–Kier alpha value is -1.50. The molecule has 1 aliphatic carbocycles. The summed E-state index contributed by atoms with van der Waals surface area (Å²) in [6.07, 6.45) is 4.64. The second kappa shape index (κ2) is 6.78. The fourth-order valence-corrected chi connectivity index (χ4v) is 3.13. The molecular formula is C13H20N4O2S. The molecule has 1 fully saturated rings.